The maximum atomic E-state index is 13.5. The van der Waals surface area contributed by atoms with Crippen LogP contribution in [-0.4, -0.2) is 26.4 Å². The molecule has 2 aliphatic heterocycles. The van der Waals surface area contributed by atoms with Gasteiger partial charge < -0.3 is 10.2 Å². The van der Waals surface area contributed by atoms with Crippen LogP contribution in [0.15, 0.2) is 107 Å². The molecule has 0 bridgehead atoms. The number of fused-ring (bicyclic) bond motifs is 4. The number of anilines is 2. The molecule has 0 saturated carbocycles. The Morgan fingerprint density at radius 2 is 1.69 bits per heavy atom. The number of alkyl halides is 3. The lowest BCUT2D eigenvalue weighted by atomic mass is 9.93. The van der Waals surface area contributed by atoms with Crippen LogP contribution < -0.4 is 10.2 Å². The Hall–Kier alpha value is -4.96. The van der Waals surface area contributed by atoms with Crippen LogP contribution >= 0.6 is 11.6 Å². The van der Waals surface area contributed by atoms with Gasteiger partial charge in [0.1, 0.15) is 0 Å². The summed E-state index contributed by atoms with van der Waals surface area (Å²) in [7, 11) is 0. The van der Waals surface area contributed by atoms with Gasteiger partial charge in [-0.2, -0.15) is 23.0 Å². The van der Waals surface area contributed by atoms with Gasteiger partial charge in [-0.3, -0.25) is 0 Å². The van der Waals surface area contributed by atoms with Gasteiger partial charge in [0.05, 0.1) is 28.7 Å². The minimum atomic E-state index is -4.49. The average molecular weight is 584 g/mol. The summed E-state index contributed by atoms with van der Waals surface area (Å²) in [6.07, 6.45) is -2.82. The molecule has 0 amide bonds. The third kappa shape index (κ3) is 4.40. The van der Waals surface area contributed by atoms with Crippen molar-refractivity contribution in [2.75, 3.05) is 10.2 Å². The molecule has 2 aromatic heterocycles. The second-order valence-corrected chi connectivity index (χ2v) is 10.3. The number of hydrogen-bond donors (Lipinski definition) is 1. The lowest BCUT2D eigenvalue weighted by Crippen LogP contribution is -2.46. The monoisotopic (exact) mass is 583 g/mol. The summed E-state index contributed by atoms with van der Waals surface area (Å²) in [4.78, 5) is 16.4. The molecule has 2 aliphatic rings. The van der Waals surface area contributed by atoms with Crippen LogP contribution in [-0.2, 0) is 6.18 Å². The molecule has 7 nitrogen and oxygen atoms in total. The van der Waals surface area contributed by atoms with Crippen molar-refractivity contribution in [3.63, 3.8) is 0 Å². The number of nitrogens with one attached hydrogen (secondary N) is 1. The molecule has 208 valence electrons. The molecule has 5 aromatic rings. The van der Waals surface area contributed by atoms with E-state index >= 15 is 0 Å². The van der Waals surface area contributed by atoms with Gasteiger partial charge >= 0.3 is 6.18 Å². The first-order valence-electron chi connectivity index (χ1n) is 13.0. The molecular formula is C31H21ClF3N7. The summed E-state index contributed by atoms with van der Waals surface area (Å²) < 4.78 is 42.3. The zero-order chi connectivity index (χ0) is 29.0. The van der Waals surface area contributed by atoms with Crippen molar-refractivity contribution in [3.05, 3.63) is 125 Å². The molecule has 0 radical (unpaired) electrons. The number of benzene rings is 3. The summed E-state index contributed by atoms with van der Waals surface area (Å²) in [5.41, 5.74) is 3.36. The highest BCUT2D eigenvalue weighted by atomic mass is 35.5. The van der Waals surface area contributed by atoms with Crippen LogP contribution in [0, 0.1) is 6.92 Å². The standard InChI is InChI=1S/C31H21ClF3N7/c1-18-26-27(19-8-6-10-21(32)16-19)41-24-13-3-2-12-23(24)38-28(37-22-11-7-9-20(17-22)31(33,34)35)30(41)39-29(26)42(40-18)25-14-4-5-15-36-25/h2-17,27H,1H3,(H,37,38)/t27-/m0/s1. The summed E-state index contributed by atoms with van der Waals surface area (Å²) >= 11 is 6.49. The Labute approximate surface area is 243 Å². The largest absolute Gasteiger partial charge is 0.416 e. The van der Waals surface area contributed by atoms with Gasteiger partial charge in [-0.15, -0.1) is 0 Å². The normalized spacial score (nSPS) is 15.7. The highest BCUT2D eigenvalue weighted by molar-refractivity contribution is 6.51. The van der Waals surface area contributed by atoms with Gasteiger partial charge in [0.25, 0.3) is 0 Å². The van der Waals surface area contributed by atoms with Crippen molar-refractivity contribution in [2.24, 2.45) is 9.98 Å². The molecule has 0 fully saturated rings. The summed E-state index contributed by atoms with van der Waals surface area (Å²) in [6, 6.07) is 25.2. The number of rotatable bonds is 3. The van der Waals surface area contributed by atoms with E-state index in [0.29, 0.717) is 28.2 Å². The Kier molecular flexibility index (Phi) is 6.09. The molecule has 42 heavy (non-hydrogen) atoms. The fourth-order valence-corrected chi connectivity index (χ4v) is 5.54. The van der Waals surface area contributed by atoms with Crippen LogP contribution in [0.25, 0.3) is 5.82 Å². The smallest absolute Gasteiger partial charge is 0.337 e. The molecule has 0 saturated heterocycles. The van der Waals surface area contributed by atoms with Gasteiger partial charge in [0.2, 0.25) is 0 Å². The maximum absolute atomic E-state index is 13.5. The van der Waals surface area contributed by atoms with Crippen molar-refractivity contribution in [2.45, 2.75) is 19.1 Å². The van der Waals surface area contributed by atoms with Crippen molar-refractivity contribution in [1.82, 2.24) is 14.8 Å². The predicted octanol–water partition coefficient (Wildman–Crippen LogP) is 8.04. The maximum Gasteiger partial charge on any atom is 0.416 e. The van der Waals surface area contributed by atoms with Gasteiger partial charge in [0, 0.05) is 22.5 Å². The van der Waals surface area contributed by atoms with Crippen molar-refractivity contribution in [1.29, 1.82) is 0 Å². The number of pyridine rings is 1. The second kappa shape index (κ2) is 9.85. The van der Waals surface area contributed by atoms with Crippen molar-refractivity contribution < 1.29 is 13.2 Å². The summed E-state index contributed by atoms with van der Waals surface area (Å²) in [5.74, 6) is 1.82. The molecule has 0 aliphatic carbocycles. The predicted molar refractivity (Wildman–Crippen MR) is 158 cm³/mol. The van der Waals surface area contributed by atoms with E-state index in [-0.39, 0.29) is 11.5 Å². The number of halogens is 4. The summed E-state index contributed by atoms with van der Waals surface area (Å²) in [5, 5.41) is 8.51. The van der Waals surface area contributed by atoms with Crippen LogP contribution in [0.2, 0.25) is 5.02 Å². The first-order chi connectivity index (χ1) is 20.3. The molecule has 1 atom stereocenters. The first kappa shape index (κ1) is 26.0. The lowest BCUT2D eigenvalue weighted by molar-refractivity contribution is -0.137. The fraction of sp³-hybridized carbons (Fsp3) is 0.0968. The van der Waals surface area contributed by atoms with E-state index in [9.17, 15) is 13.2 Å². The molecule has 3 aromatic carbocycles. The Morgan fingerprint density at radius 1 is 0.881 bits per heavy atom. The Balaban J connectivity index is 1.47. The highest BCUT2D eigenvalue weighted by Crippen LogP contribution is 2.48. The molecular weight excluding hydrogens is 563 g/mol. The Bertz CT molecular complexity index is 1900. The quantitative estimate of drug-likeness (QED) is 0.233. The zero-order valence-electron chi connectivity index (χ0n) is 22.0. The topological polar surface area (TPSA) is 70.7 Å². The minimum absolute atomic E-state index is 0.227. The summed E-state index contributed by atoms with van der Waals surface area (Å²) in [6.45, 7) is 1.92. The van der Waals surface area contributed by atoms with Crippen LogP contribution in [0.1, 0.15) is 28.4 Å². The third-order valence-electron chi connectivity index (χ3n) is 7.12. The minimum Gasteiger partial charge on any atom is -0.337 e. The SMILES string of the molecule is Cc1nn(-c2ccccn2)c2c1[C@H](c1cccc(Cl)c1)N1C(=N2)C(Nc2cccc(C(F)(F)F)c2)=Nc2ccccc21. The number of aromatic nitrogens is 3. The molecule has 1 N–H and O–H groups in total. The number of aryl methyl sites for hydroxylation is 1. The Morgan fingerprint density at radius 3 is 2.48 bits per heavy atom. The van der Waals surface area contributed by atoms with Crippen LogP contribution in [0.3, 0.4) is 0 Å². The molecule has 11 heteroatoms. The third-order valence-corrected chi connectivity index (χ3v) is 7.36. The van der Waals surface area contributed by atoms with E-state index in [0.717, 1.165) is 34.6 Å². The number of amidine groups is 2. The molecule has 0 spiro atoms. The average Bonchev–Trinajstić information content (AvgIpc) is 3.32. The lowest BCUT2D eigenvalue weighted by Gasteiger charge is -2.40. The number of hydrogen-bond acceptors (Lipinski definition) is 6. The number of para-hydroxylation sites is 2. The first-order valence-corrected chi connectivity index (χ1v) is 13.4. The van der Waals surface area contributed by atoms with Gasteiger partial charge in [-0.25, -0.2) is 15.0 Å². The number of aliphatic imine (C=N–C) groups is 2. The van der Waals surface area contributed by atoms with Crippen LogP contribution in [0.5, 0.6) is 0 Å². The van der Waals surface area contributed by atoms with E-state index in [4.69, 9.17) is 26.7 Å². The van der Waals surface area contributed by atoms with E-state index in [2.05, 4.69) is 10.3 Å². The number of nitrogens with zero attached hydrogens (tertiary/aromatic N) is 6. The molecule has 7 rings (SSSR count). The fourth-order valence-electron chi connectivity index (χ4n) is 5.34. The zero-order valence-corrected chi connectivity index (χ0v) is 22.8. The van der Waals surface area contributed by atoms with Crippen molar-refractivity contribution in [3.8, 4) is 5.82 Å². The molecule has 4 heterocycles. The van der Waals surface area contributed by atoms with E-state index in [1.54, 1.807) is 23.0 Å². The van der Waals surface area contributed by atoms with Crippen LogP contribution in [0.4, 0.5) is 36.1 Å². The van der Waals surface area contributed by atoms with E-state index < -0.39 is 17.8 Å². The van der Waals surface area contributed by atoms with Gasteiger partial charge in [0.15, 0.2) is 23.3 Å². The van der Waals surface area contributed by atoms with E-state index in [1.807, 2.05) is 72.5 Å². The van der Waals surface area contributed by atoms with Gasteiger partial charge in [-0.1, -0.05) is 48.0 Å². The molecule has 0 unspecified atom stereocenters. The van der Waals surface area contributed by atoms with E-state index in [1.165, 1.54) is 6.07 Å². The highest BCUT2D eigenvalue weighted by Gasteiger charge is 2.41. The van der Waals surface area contributed by atoms with Gasteiger partial charge in [-0.05, 0) is 67.1 Å². The second-order valence-electron chi connectivity index (χ2n) is 9.84. The van der Waals surface area contributed by atoms with Crippen molar-refractivity contribution >= 4 is 46.2 Å².